The number of carbonyl (C=O) groups is 1. The van der Waals surface area contributed by atoms with E-state index in [4.69, 9.17) is 37.6 Å². The molecule has 0 amide bonds. The molecule has 4 aromatic rings. The second-order valence-electron chi connectivity index (χ2n) is 15.1. The van der Waals surface area contributed by atoms with Crippen molar-refractivity contribution in [3.8, 4) is 51.6 Å². The van der Waals surface area contributed by atoms with Gasteiger partial charge in [0.25, 0.3) is 0 Å². The van der Waals surface area contributed by atoms with Gasteiger partial charge >= 0.3 is 17.3 Å². The fourth-order valence-corrected chi connectivity index (χ4v) is 7.05. The largest absolute Gasteiger partial charge is 0.507 e. The van der Waals surface area contributed by atoms with Crippen LogP contribution in [-0.2, 0) is 33.2 Å². The highest BCUT2D eigenvalue weighted by Gasteiger charge is 2.51. The number of aromatic hydroxyl groups is 6. The van der Waals surface area contributed by atoms with Gasteiger partial charge in [0.15, 0.2) is 35.6 Å². The Bertz CT molecular complexity index is 2320. The van der Waals surface area contributed by atoms with Crippen LogP contribution in [0, 0.1) is 0 Å². The number of fused-ring (bicyclic) bond motifs is 1. The molecule has 1 aromatic heterocycles. The molecule has 23 heteroatoms. The van der Waals surface area contributed by atoms with Gasteiger partial charge in [0.05, 0.1) is 24.8 Å². The zero-order valence-corrected chi connectivity index (χ0v) is 33.0. The molecule has 14 N–H and O–H groups in total. The van der Waals surface area contributed by atoms with Crippen molar-refractivity contribution in [2.75, 3.05) is 19.8 Å². The summed E-state index contributed by atoms with van der Waals surface area (Å²) in [5.74, 6) is -4.22. The molecule has 3 fully saturated rings. The molecule has 3 aliphatic heterocycles. The minimum atomic E-state index is -1.96. The van der Waals surface area contributed by atoms with Crippen LogP contribution in [0.2, 0.25) is 0 Å². The Labute approximate surface area is 360 Å². The topological polar surface area (TPSA) is 376 Å². The Morgan fingerprint density at radius 2 is 1.22 bits per heavy atom. The molecule has 0 bridgehead atoms. The van der Waals surface area contributed by atoms with Crippen molar-refractivity contribution in [2.24, 2.45) is 0 Å². The van der Waals surface area contributed by atoms with Gasteiger partial charge < -0.3 is 105 Å². The van der Waals surface area contributed by atoms with Crippen LogP contribution >= 0.6 is 0 Å². The molecule has 0 radical (unpaired) electrons. The smallest absolute Gasteiger partial charge is 0.402 e. The summed E-state index contributed by atoms with van der Waals surface area (Å²) in [6.45, 7) is -2.07. The number of phenolic OH excluding ortho intramolecular Hbond substituents is 6. The monoisotopic (exact) mass is 905 g/mol. The van der Waals surface area contributed by atoms with Crippen LogP contribution in [0.1, 0.15) is 5.56 Å². The zero-order chi connectivity index (χ0) is 46.1. The standard InChI is InChI=1S/C41H44O23/c42-17-9-21(45)18-11-25(37(60-24(18)10-17)16-3-5-20(44)23(47)8-16)62-41-38(58-13-26-32(51)35(54)39(56)61-26)34(53)31(50)28(64-41)14-59-40-36(55)33(52)30(49)27(63-40)12-57-29(48)6-2-15-1-4-19(43)22(46)7-15/h1-11,26-28,30-36,38-41,49-56H,12-14H2,(H5-,42,43,44,45,46,47,48)/p+1/t26?,27-,28-,30-,31+,32+,33+,34+,35-,36-,38-,39-,40-,41-/m1/s1. The van der Waals surface area contributed by atoms with E-state index in [1.165, 1.54) is 36.4 Å². The van der Waals surface area contributed by atoms with Gasteiger partial charge in [0, 0.05) is 24.3 Å². The Balaban J connectivity index is 1.11. The number of rotatable bonds is 13. The molecule has 3 aromatic carbocycles. The van der Waals surface area contributed by atoms with Crippen LogP contribution in [0.25, 0.3) is 28.4 Å². The van der Waals surface area contributed by atoms with Crippen molar-refractivity contribution in [1.29, 1.82) is 0 Å². The fourth-order valence-electron chi connectivity index (χ4n) is 7.05. The molecule has 23 nitrogen and oxygen atoms in total. The van der Waals surface area contributed by atoms with Gasteiger partial charge in [-0.25, -0.2) is 9.21 Å². The SMILES string of the molecule is O=C(/C=C/c1ccc(O)c(O)c1)OC[C@H]1O[C@@H](OC[C@H]2O[C@@H](Oc3cc4c(O)cc(O)cc4[o+]c3-c3ccc(O)c(O)c3)[C@H](OCC3O[C@@H](O)[C@H](O)[C@H]3O)[C@@H](O)[C@H]2O)[C@H](O)[C@@H](O)[C@@H]1O. The Morgan fingerprint density at radius 1 is 0.594 bits per heavy atom. The maximum absolute atomic E-state index is 12.4. The number of hydrogen-bond acceptors (Lipinski definition) is 22. The summed E-state index contributed by atoms with van der Waals surface area (Å²) in [4.78, 5) is 12.4. The lowest BCUT2D eigenvalue weighted by atomic mass is 9.98. The van der Waals surface area contributed by atoms with Gasteiger partial charge in [-0.2, -0.15) is 0 Å². The van der Waals surface area contributed by atoms with Crippen molar-refractivity contribution in [2.45, 2.75) is 86.0 Å². The van der Waals surface area contributed by atoms with Crippen LogP contribution in [0.5, 0.6) is 40.2 Å². The zero-order valence-electron chi connectivity index (χ0n) is 33.0. The van der Waals surface area contributed by atoms with E-state index in [2.05, 4.69) is 0 Å². The third-order valence-corrected chi connectivity index (χ3v) is 10.6. The lowest BCUT2D eigenvalue weighted by Crippen LogP contribution is -2.63. The van der Waals surface area contributed by atoms with Crippen molar-refractivity contribution in [3.63, 3.8) is 0 Å². The highest BCUT2D eigenvalue weighted by atomic mass is 16.7. The summed E-state index contributed by atoms with van der Waals surface area (Å²) < 4.78 is 45.6. The Hall–Kier alpha value is -5.64. The number of aliphatic hydroxyl groups is 8. The first kappa shape index (κ1) is 46.4. The van der Waals surface area contributed by atoms with Crippen LogP contribution in [0.4, 0.5) is 0 Å². The summed E-state index contributed by atoms with van der Waals surface area (Å²) >= 11 is 0. The molecular formula is C41H45O23+. The van der Waals surface area contributed by atoms with Crippen molar-refractivity contribution in [1.82, 2.24) is 0 Å². The van der Waals surface area contributed by atoms with Crippen LogP contribution < -0.4 is 4.74 Å². The van der Waals surface area contributed by atoms with Gasteiger partial charge in [-0.05, 0) is 35.9 Å². The fraction of sp³-hybridized carbons (Fsp3) is 0.415. The summed E-state index contributed by atoms with van der Waals surface area (Å²) in [6.07, 6.45) is -22.3. The number of benzene rings is 3. The van der Waals surface area contributed by atoms with E-state index < -0.39 is 135 Å². The van der Waals surface area contributed by atoms with Crippen molar-refractivity contribution < 1.29 is 114 Å². The maximum Gasteiger partial charge on any atom is 0.402 e. The molecule has 3 saturated heterocycles. The first-order valence-corrected chi connectivity index (χ1v) is 19.4. The first-order valence-electron chi connectivity index (χ1n) is 19.4. The molecule has 0 aliphatic carbocycles. The van der Waals surface area contributed by atoms with Crippen molar-refractivity contribution in [3.05, 3.63) is 66.2 Å². The average molecular weight is 906 g/mol. The van der Waals surface area contributed by atoms with E-state index in [9.17, 15) is 76.3 Å². The third-order valence-electron chi connectivity index (χ3n) is 10.6. The number of ether oxygens (including phenoxy) is 7. The molecule has 1 unspecified atom stereocenters. The van der Waals surface area contributed by atoms with Crippen LogP contribution in [-0.4, -0.2) is 183 Å². The van der Waals surface area contributed by atoms with Crippen LogP contribution in [0.15, 0.2) is 65.1 Å². The van der Waals surface area contributed by atoms with E-state index in [-0.39, 0.29) is 39.5 Å². The van der Waals surface area contributed by atoms with Crippen molar-refractivity contribution >= 4 is 23.0 Å². The Morgan fingerprint density at radius 3 is 1.91 bits per heavy atom. The highest BCUT2D eigenvalue weighted by molar-refractivity contribution is 5.89. The minimum Gasteiger partial charge on any atom is -0.507 e. The highest BCUT2D eigenvalue weighted by Crippen LogP contribution is 2.42. The number of esters is 1. The molecule has 4 heterocycles. The maximum atomic E-state index is 12.4. The van der Waals surface area contributed by atoms with Gasteiger partial charge in [-0.15, -0.1) is 0 Å². The lowest BCUT2D eigenvalue weighted by molar-refractivity contribution is -0.327. The number of phenols is 6. The molecule has 346 valence electrons. The normalized spacial score (nSPS) is 31.9. The van der Waals surface area contributed by atoms with E-state index >= 15 is 0 Å². The van der Waals surface area contributed by atoms with E-state index in [1.807, 2.05) is 0 Å². The number of aliphatic hydroxyl groups excluding tert-OH is 8. The molecule has 64 heavy (non-hydrogen) atoms. The quantitative estimate of drug-likeness (QED) is 0.0309. The van der Waals surface area contributed by atoms with Crippen LogP contribution in [0.3, 0.4) is 0 Å². The van der Waals surface area contributed by atoms with Gasteiger partial charge in [-0.3, -0.25) is 0 Å². The molecule has 7 rings (SSSR count). The molecule has 14 atom stereocenters. The third kappa shape index (κ3) is 9.86. The number of carbonyl (C=O) groups excluding carboxylic acids is 1. The number of hydrogen-bond donors (Lipinski definition) is 14. The Kier molecular flexibility index (Phi) is 13.9. The predicted octanol–water partition coefficient (Wildman–Crippen LogP) is -1.66. The summed E-state index contributed by atoms with van der Waals surface area (Å²) in [5, 5.41) is 145. The van der Waals surface area contributed by atoms with Gasteiger partial charge in [-0.1, -0.05) is 6.07 Å². The average Bonchev–Trinajstić information content (AvgIpc) is 3.50. The first-order chi connectivity index (χ1) is 30.4. The summed E-state index contributed by atoms with van der Waals surface area (Å²) in [6, 6.07) is 10.7. The molecule has 0 spiro atoms. The minimum absolute atomic E-state index is 0.0307. The molecule has 0 saturated carbocycles. The van der Waals surface area contributed by atoms with E-state index in [0.717, 1.165) is 30.3 Å². The van der Waals surface area contributed by atoms with Gasteiger partial charge in [0.2, 0.25) is 12.0 Å². The molecular weight excluding hydrogens is 860 g/mol. The second-order valence-corrected chi connectivity index (χ2v) is 15.1. The predicted molar refractivity (Wildman–Crippen MR) is 209 cm³/mol. The lowest BCUT2D eigenvalue weighted by Gasteiger charge is -2.43. The van der Waals surface area contributed by atoms with E-state index in [1.54, 1.807) is 0 Å². The van der Waals surface area contributed by atoms with E-state index in [0.29, 0.717) is 5.56 Å². The molecule has 3 aliphatic rings. The summed E-state index contributed by atoms with van der Waals surface area (Å²) in [5.41, 5.74) is 0.296. The summed E-state index contributed by atoms with van der Waals surface area (Å²) in [7, 11) is 0. The second kappa shape index (κ2) is 19.2. The van der Waals surface area contributed by atoms with Gasteiger partial charge in [0.1, 0.15) is 90.6 Å².